The van der Waals surface area contributed by atoms with E-state index < -0.39 is 0 Å². The van der Waals surface area contributed by atoms with Gasteiger partial charge < -0.3 is 18.9 Å². The van der Waals surface area contributed by atoms with Crippen LogP contribution in [0.2, 0.25) is 0 Å². The molecule has 1 aromatic heterocycles. The molecule has 1 aromatic carbocycles. The number of rotatable bonds is 5. The van der Waals surface area contributed by atoms with Gasteiger partial charge in [-0.15, -0.1) is 0 Å². The maximum absolute atomic E-state index is 12.8. The first-order valence-electron chi connectivity index (χ1n) is 10.0. The number of carbonyl (C=O) groups excluding carboxylic acids is 1. The number of nitrogens with zero attached hydrogens (tertiary/aromatic N) is 2. The summed E-state index contributed by atoms with van der Waals surface area (Å²) >= 11 is 6.97. The smallest absolute Gasteiger partial charge is 0.174 e. The number of ketones is 1. The number of carbonyl (C=O) groups is 1. The zero-order valence-corrected chi connectivity index (χ0v) is 18.5. The number of thioether (sulfide) groups is 1. The Morgan fingerprint density at radius 3 is 2.69 bits per heavy atom. The molecule has 29 heavy (non-hydrogen) atoms. The third-order valence-electron chi connectivity index (χ3n) is 5.52. The number of aryl methyl sites for hydroxylation is 1. The van der Waals surface area contributed by atoms with E-state index in [1.165, 1.54) is 24.6 Å². The molecule has 0 radical (unpaired) electrons. The minimum absolute atomic E-state index is 0.0882. The Labute approximate surface area is 181 Å². The summed E-state index contributed by atoms with van der Waals surface area (Å²) in [6, 6.07) is 9.70. The van der Waals surface area contributed by atoms with Crippen molar-refractivity contribution in [3.63, 3.8) is 0 Å². The van der Waals surface area contributed by atoms with Gasteiger partial charge in [-0.05, 0) is 44.9 Å². The van der Waals surface area contributed by atoms with E-state index in [-0.39, 0.29) is 11.9 Å². The van der Waals surface area contributed by atoms with Gasteiger partial charge in [-0.25, -0.2) is 0 Å². The Balaban J connectivity index is 1.40. The second-order valence-electron chi connectivity index (χ2n) is 7.56. The van der Waals surface area contributed by atoms with Crippen LogP contribution in [0, 0.1) is 13.8 Å². The van der Waals surface area contributed by atoms with Crippen LogP contribution in [0.15, 0.2) is 30.3 Å². The molecule has 5 nitrogen and oxygen atoms in total. The summed E-state index contributed by atoms with van der Waals surface area (Å²) in [6.45, 7) is 7.21. The normalized spacial score (nSPS) is 18.1. The molecule has 1 saturated heterocycles. The van der Waals surface area contributed by atoms with Gasteiger partial charge in [-0.1, -0.05) is 36.1 Å². The lowest BCUT2D eigenvalue weighted by Crippen LogP contribution is -2.33. The Morgan fingerprint density at radius 1 is 1.21 bits per heavy atom. The van der Waals surface area contributed by atoms with Crippen molar-refractivity contribution in [1.29, 1.82) is 0 Å². The first-order valence-corrected chi connectivity index (χ1v) is 11.4. The number of hydrogen-bond acceptors (Lipinski definition) is 5. The fourth-order valence-electron chi connectivity index (χ4n) is 3.92. The van der Waals surface area contributed by atoms with E-state index in [0.29, 0.717) is 18.9 Å². The summed E-state index contributed by atoms with van der Waals surface area (Å²) in [6.07, 6.45) is 2.29. The van der Waals surface area contributed by atoms with Gasteiger partial charge in [0, 0.05) is 30.0 Å². The molecular formula is C22H26N2O3S2. The number of Topliss-reactive ketones (excluding diaryl/α,β-unsaturated/α-hetero) is 1. The molecule has 7 heteroatoms. The molecule has 0 amide bonds. The number of ether oxygens (including phenoxy) is 2. The molecule has 3 heterocycles. The van der Waals surface area contributed by atoms with Crippen LogP contribution in [0.4, 0.5) is 0 Å². The van der Waals surface area contributed by atoms with E-state index in [4.69, 9.17) is 21.7 Å². The van der Waals surface area contributed by atoms with Crippen LogP contribution in [0.1, 0.15) is 34.6 Å². The maximum Gasteiger partial charge on any atom is 0.174 e. The molecule has 2 aromatic rings. The Morgan fingerprint density at radius 2 is 1.93 bits per heavy atom. The summed E-state index contributed by atoms with van der Waals surface area (Å²) in [7, 11) is 0. The topological polar surface area (TPSA) is 43.7 Å². The van der Waals surface area contributed by atoms with Gasteiger partial charge in [0.15, 0.2) is 23.4 Å². The van der Waals surface area contributed by atoms with Crippen LogP contribution in [-0.4, -0.2) is 51.1 Å². The zero-order valence-electron chi connectivity index (χ0n) is 16.8. The molecule has 0 saturated carbocycles. The van der Waals surface area contributed by atoms with Gasteiger partial charge >= 0.3 is 0 Å². The van der Waals surface area contributed by atoms with E-state index >= 15 is 0 Å². The summed E-state index contributed by atoms with van der Waals surface area (Å²) in [5, 5.41) is 0. The van der Waals surface area contributed by atoms with Crippen LogP contribution in [0.3, 0.4) is 0 Å². The van der Waals surface area contributed by atoms with E-state index in [1.54, 1.807) is 0 Å². The minimum atomic E-state index is -0.0882. The highest BCUT2D eigenvalue weighted by atomic mass is 32.2. The highest BCUT2D eigenvalue weighted by molar-refractivity contribution is 8.23. The van der Waals surface area contributed by atoms with Crippen molar-refractivity contribution in [3.8, 4) is 11.5 Å². The summed E-state index contributed by atoms with van der Waals surface area (Å²) in [5.41, 5.74) is 2.81. The predicted octanol–water partition coefficient (Wildman–Crippen LogP) is 4.24. The van der Waals surface area contributed by atoms with Crippen molar-refractivity contribution >= 4 is 34.1 Å². The lowest BCUT2D eigenvalue weighted by atomic mass is 10.2. The molecule has 1 unspecified atom stereocenters. The molecule has 4 rings (SSSR count). The zero-order chi connectivity index (χ0) is 20.4. The monoisotopic (exact) mass is 430 g/mol. The highest BCUT2D eigenvalue weighted by Gasteiger charge is 2.24. The molecule has 2 aliphatic rings. The molecule has 1 atom stereocenters. The van der Waals surface area contributed by atoms with Crippen LogP contribution < -0.4 is 9.47 Å². The second kappa shape index (κ2) is 8.79. The number of hydrogen-bond donors (Lipinski definition) is 0. The van der Waals surface area contributed by atoms with Gasteiger partial charge in [0.25, 0.3) is 0 Å². The van der Waals surface area contributed by atoms with Crippen molar-refractivity contribution in [1.82, 2.24) is 9.47 Å². The number of likely N-dealkylation sites (tertiary alicyclic amines) is 1. The van der Waals surface area contributed by atoms with Gasteiger partial charge in [-0.2, -0.15) is 0 Å². The standard InChI is InChI=1S/C22H26N2O3S2/c1-15-11-18(19(25)14-29-22(28)23-9-5-6-10-23)16(2)24(15)12-17-13-26-20-7-3-4-8-21(20)27-17/h3-4,7-8,11,17H,5-6,9-10,12-14H2,1-2H3. The molecule has 0 bridgehead atoms. The number of para-hydroxylation sites is 2. The van der Waals surface area contributed by atoms with Crippen molar-refractivity contribution in [2.45, 2.75) is 39.3 Å². The van der Waals surface area contributed by atoms with Crippen molar-refractivity contribution in [3.05, 3.63) is 47.3 Å². The molecule has 0 spiro atoms. The molecule has 0 aliphatic carbocycles. The quantitative estimate of drug-likeness (QED) is 0.522. The predicted molar refractivity (Wildman–Crippen MR) is 120 cm³/mol. The summed E-state index contributed by atoms with van der Waals surface area (Å²) in [5.74, 6) is 2.07. The fraction of sp³-hybridized carbons (Fsp3) is 0.455. The third-order valence-corrected chi connectivity index (χ3v) is 7.04. The lowest BCUT2D eigenvalue weighted by Gasteiger charge is -2.27. The highest BCUT2D eigenvalue weighted by Crippen LogP contribution is 2.31. The lowest BCUT2D eigenvalue weighted by molar-refractivity contribution is 0.0777. The number of fused-ring (bicyclic) bond motifs is 1. The average Bonchev–Trinajstić information content (AvgIpc) is 3.36. The van der Waals surface area contributed by atoms with Gasteiger partial charge in [0.05, 0.1) is 12.3 Å². The Bertz CT molecular complexity index is 919. The van der Waals surface area contributed by atoms with E-state index in [9.17, 15) is 4.79 Å². The summed E-state index contributed by atoms with van der Waals surface area (Å²) in [4.78, 5) is 15.0. The van der Waals surface area contributed by atoms with E-state index in [0.717, 1.165) is 45.9 Å². The first-order chi connectivity index (χ1) is 14.0. The maximum atomic E-state index is 12.8. The largest absolute Gasteiger partial charge is 0.486 e. The van der Waals surface area contributed by atoms with Gasteiger partial charge in [0.2, 0.25) is 0 Å². The number of benzene rings is 1. The van der Waals surface area contributed by atoms with Gasteiger partial charge in [0.1, 0.15) is 10.9 Å². The Hall–Kier alpha value is -1.99. The molecule has 0 N–H and O–H groups in total. The number of aromatic nitrogens is 1. The Kier molecular flexibility index (Phi) is 6.15. The molecule has 154 valence electrons. The van der Waals surface area contributed by atoms with E-state index in [2.05, 4.69) is 9.47 Å². The van der Waals surface area contributed by atoms with E-state index in [1.807, 2.05) is 44.2 Å². The number of thiocarbonyl (C=S) groups is 1. The van der Waals surface area contributed by atoms with Crippen LogP contribution in [-0.2, 0) is 6.54 Å². The van der Waals surface area contributed by atoms with Crippen molar-refractivity contribution in [2.75, 3.05) is 25.4 Å². The van der Waals surface area contributed by atoms with Crippen molar-refractivity contribution < 1.29 is 14.3 Å². The minimum Gasteiger partial charge on any atom is -0.486 e. The third kappa shape index (κ3) is 4.46. The molecule has 1 fully saturated rings. The summed E-state index contributed by atoms with van der Waals surface area (Å²) < 4.78 is 14.9. The SMILES string of the molecule is Cc1cc(C(=O)CSC(=S)N2CCCC2)c(C)n1CC1COc2ccccc2O1. The average molecular weight is 431 g/mol. The van der Waals surface area contributed by atoms with Crippen LogP contribution in [0.25, 0.3) is 0 Å². The molecule has 2 aliphatic heterocycles. The van der Waals surface area contributed by atoms with Crippen molar-refractivity contribution in [2.24, 2.45) is 0 Å². The second-order valence-corrected chi connectivity index (χ2v) is 9.17. The first kappa shape index (κ1) is 20.3. The van der Waals surface area contributed by atoms with Crippen LogP contribution in [0.5, 0.6) is 11.5 Å². The fourth-order valence-corrected chi connectivity index (χ4v) is 5.05. The van der Waals surface area contributed by atoms with Gasteiger partial charge in [-0.3, -0.25) is 4.79 Å². The molecular weight excluding hydrogens is 404 g/mol. The van der Waals surface area contributed by atoms with Crippen LogP contribution >= 0.6 is 24.0 Å².